The second-order valence-electron chi connectivity index (χ2n) is 9.51. The average molecular weight is 530 g/mol. The Bertz CT molecular complexity index is 2170. The van der Waals surface area contributed by atoms with E-state index in [0.29, 0.717) is 34.2 Å². The number of anilines is 3. The van der Waals surface area contributed by atoms with E-state index < -0.39 is 0 Å². The highest BCUT2D eigenvalue weighted by atomic mass is 15.3. The molecule has 0 aliphatic carbocycles. The molecule has 9 heteroatoms. The molecule has 41 heavy (non-hydrogen) atoms. The van der Waals surface area contributed by atoms with E-state index in [9.17, 15) is 0 Å². The molecule has 4 aromatic carbocycles. The summed E-state index contributed by atoms with van der Waals surface area (Å²) < 4.78 is 0. The smallest absolute Gasteiger partial charge is 0.199 e. The van der Waals surface area contributed by atoms with Gasteiger partial charge in [0.1, 0.15) is 0 Å². The molecule has 0 aliphatic rings. The Kier molecular flexibility index (Phi) is 5.24. The SMILES string of the molecule is c1ccc2cc(-c3ccc4cc(N(c5cnc6nccnc6n5)c5cnc6nccnc6n5)ccc4c3)ccc2c1. The van der Waals surface area contributed by atoms with Crippen LogP contribution in [0.15, 0.2) is 116 Å². The molecule has 0 spiro atoms. The predicted octanol–water partition coefficient (Wildman–Crippen LogP) is 6.60. The monoisotopic (exact) mass is 529 g/mol. The molecule has 192 valence electrons. The molecular formula is C32H19N9. The fourth-order valence-electron chi connectivity index (χ4n) is 5.02. The largest absolute Gasteiger partial charge is 0.276 e. The van der Waals surface area contributed by atoms with Crippen LogP contribution in [0, 0.1) is 0 Å². The van der Waals surface area contributed by atoms with Crippen molar-refractivity contribution >= 4 is 61.5 Å². The topological polar surface area (TPSA) is 106 Å². The lowest BCUT2D eigenvalue weighted by Crippen LogP contribution is -2.14. The van der Waals surface area contributed by atoms with Gasteiger partial charge in [0.2, 0.25) is 0 Å². The minimum absolute atomic E-state index is 0.435. The van der Waals surface area contributed by atoms with Crippen LogP contribution in [-0.4, -0.2) is 39.9 Å². The van der Waals surface area contributed by atoms with Crippen LogP contribution in [0.1, 0.15) is 0 Å². The molecule has 0 bridgehead atoms. The third kappa shape index (κ3) is 4.12. The van der Waals surface area contributed by atoms with Crippen LogP contribution >= 0.6 is 0 Å². The fraction of sp³-hybridized carbons (Fsp3) is 0. The van der Waals surface area contributed by atoms with Gasteiger partial charge in [-0.25, -0.2) is 39.9 Å². The maximum Gasteiger partial charge on any atom is 0.199 e. The zero-order valence-corrected chi connectivity index (χ0v) is 21.5. The van der Waals surface area contributed by atoms with Crippen LogP contribution in [0.5, 0.6) is 0 Å². The zero-order chi connectivity index (χ0) is 27.2. The second kappa shape index (κ2) is 9.35. The normalized spacial score (nSPS) is 11.4. The highest BCUT2D eigenvalue weighted by Gasteiger charge is 2.19. The second-order valence-corrected chi connectivity index (χ2v) is 9.51. The first-order valence-corrected chi connectivity index (χ1v) is 13.0. The summed E-state index contributed by atoms with van der Waals surface area (Å²) in [6, 6.07) is 27.7. The van der Waals surface area contributed by atoms with Gasteiger partial charge in [0.05, 0.1) is 12.4 Å². The van der Waals surface area contributed by atoms with Crippen LogP contribution in [0.3, 0.4) is 0 Å². The van der Waals surface area contributed by atoms with E-state index in [-0.39, 0.29) is 0 Å². The van der Waals surface area contributed by atoms with Crippen molar-refractivity contribution in [3.8, 4) is 11.1 Å². The lowest BCUT2D eigenvalue weighted by molar-refractivity contribution is 1.07. The van der Waals surface area contributed by atoms with Gasteiger partial charge in [0.15, 0.2) is 34.2 Å². The number of hydrogen-bond donors (Lipinski definition) is 0. The predicted molar refractivity (Wildman–Crippen MR) is 159 cm³/mol. The molecule has 0 fully saturated rings. The highest BCUT2D eigenvalue weighted by molar-refractivity contribution is 5.93. The number of benzene rings is 4. The number of fused-ring (bicyclic) bond motifs is 4. The van der Waals surface area contributed by atoms with Crippen molar-refractivity contribution in [1.29, 1.82) is 0 Å². The first-order valence-electron chi connectivity index (χ1n) is 13.0. The number of nitrogens with zero attached hydrogens (tertiary/aromatic N) is 9. The molecule has 0 saturated carbocycles. The van der Waals surface area contributed by atoms with E-state index in [1.165, 1.54) is 16.3 Å². The molecule has 4 heterocycles. The zero-order valence-electron chi connectivity index (χ0n) is 21.5. The molecule has 0 aliphatic heterocycles. The van der Waals surface area contributed by atoms with Gasteiger partial charge in [-0.2, -0.15) is 0 Å². The van der Waals surface area contributed by atoms with Crippen LogP contribution in [0.25, 0.3) is 55.3 Å². The number of aromatic nitrogens is 8. The summed E-state index contributed by atoms with van der Waals surface area (Å²) in [6.45, 7) is 0. The highest BCUT2D eigenvalue weighted by Crippen LogP contribution is 2.35. The van der Waals surface area contributed by atoms with Crippen molar-refractivity contribution < 1.29 is 0 Å². The Morgan fingerprint density at radius 1 is 0.415 bits per heavy atom. The van der Waals surface area contributed by atoms with Crippen molar-refractivity contribution in [1.82, 2.24) is 39.9 Å². The summed E-state index contributed by atoms with van der Waals surface area (Å²) in [5, 5.41) is 4.63. The van der Waals surface area contributed by atoms with Crippen LogP contribution in [0.2, 0.25) is 0 Å². The van der Waals surface area contributed by atoms with Crippen LogP contribution < -0.4 is 4.90 Å². The summed E-state index contributed by atoms with van der Waals surface area (Å²) >= 11 is 0. The third-order valence-corrected chi connectivity index (χ3v) is 6.99. The van der Waals surface area contributed by atoms with E-state index in [1.807, 2.05) is 11.0 Å². The standard InChI is InChI=1S/C32H19N9/c1-2-4-21-15-22(6-5-20(21)3-1)23-7-8-25-17-26(10-9-24(25)16-23)41(27-18-37-29-31(39-27)35-13-11-33-29)28-19-38-30-32(40-28)36-14-12-34-30/h1-19H. The van der Waals surface area contributed by atoms with Gasteiger partial charge < -0.3 is 0 Å². The summed E-state index contributed by atoms with van der Waals surface area (Å²) in [5.74, 6) is 1.06. The van der Waals surface area contributed by atoms with Gasteiger partial charge in [-0.15, -0.1) is 0 Å². The van der Waals surface area contributed by atoms with Crippen molar-refractivity contribution in [2.24, 2.45) is 0 Å². The molecule has 0 saturated heterocycles. The van der Waals surface area contributed by atoms with Gasteiger partial charge in [0.25, 0.3) is 0 Å². The molecule has 0 radical (unpaired) electrons. The number of hydrogen-bond acceptors (Lipinski definition) is 9. The first kappa shape index (κ1) is 23.0. The molecule has 0 atom stereocenters. The molecule has 0 amide bonds. The maximum absolute atomic E-state index is 4.75. The summed E-state index contributed by atoms with van der Waals surface area (Å²) in [5.41, 5.74) is 4.97. The van der Waals surface area contributed by atoms with E-state index in [1.54, 1.807) is 37.2 Å². The van der Waals surface area contributed by atoms with Crippen LogP contribution in [0.4, 0.5) is 17.3 Å². The minimum Gasteiger partial charge on any atom is -0.276 e. The Hall–Kier alpha value is -5.96. The number of rotatable bonds is 4. The molecule has 4 aromatic heterocycles. The van der Waals surface area contributed by atoms with E-state index in [0.717, 1.165) is 22.0 Å². The summed E-state index contributed by atoms with van der Waals surface area (Å²) in [7, 11) is 0. The molecule has 8 aromatic rings. The Labute approximate surface area is 233 Å². The van der Waals surface area contributed by atoms with E-state index in [2.05, 4.69) is 103 Å². The Balaban J connectivity index is 1.25. The third-order valence-electron chi connectivity index (χ3n) is 6.99. The Morgan fingerprint density at radius 2 is 0.902 bits per heavy atom. The summed E-state index contributed by atoms with van der Waals surface area (Å²) in [6.07, 6.45) is 9.70. The first-order chi connectivity index (χ1) is 20.3. The van der Waals surface area contributed by atoms with Crippen molar-refractivity contribution in [3.63, 3.8) is 0 Å². The van der Waals surface area contributed by atoms with Crippen LogP contribution in [-0.2, 0) is 0 Å². The van der Waals surface area contributed by atoms with Gasteiger partial charge in [-0.1, -0.05) is 54.6 Å². The van der Waals surface area contributed by atoms with Crippen molar-refractivity contribution in [2.75, 3.05) is 4.90 Å². The van der Waals surface area contributed by atoms with E-state index >= 15 is 0 Å². The van der Waals surface area contributed by atoms with Gasteiger partial charge in [0, 0.05) is 30.5 Å². The van der Waals surface area contributed by atoms with Gasteiger partial charge in [-0.05, 0) is 56.9 Å². The molecule has 0 unspecified atom stereocenters. The maximum atomic E-state index is 4.75. The van der Waals surface area contributed by atoms with Gasteiger partial charge >= 0.3 is 0 Å². The molecule has 8 rings (SSSR count). The molecule has 9 nitrogen and oxygen atoms in total. The van der Waals surface area contributed by atoms with Gasteiger partial charge in [-0.3, -0.25) is 4.90 Å². The molecular weight excluding hydrogens is 510 g/mol. The lowest BCUT2D eigenvalue weighted by Gasteiger charge is -2.23. The van der Waals surface area contributed by atoms with E-state index in [4.69, 9.17) is 9.97 Å². The summed E-state index contributed by atoms with van der Waals surface area (Å²) in [4.78, 5) is 37.6. The minimum atomic E-state index is 0.435. The fourth-order valence-corrected chi connectivity index (χ4v) is 5.02. The van der Waals surface area contributed by atoms with Crippen molar-refractivity contribution in [2.45, 2.75) is 0 Å². The molecule has 0 N–H and O–H groups in total. The quantitative estimate of drug-likeness (QED) is 0.249. The Morgan fingerprint density at radius 3 is 1.54 bits per heavy atom. The lowest BCUT2D eigenvalue weighted by atomic mass is 9.98. The van der Waals surface area contributed by atoms with Crippen molar-refractivity contribution in [3.05, 3.63) is 116 Å². The average Bonchev–Trinajstić information content (AvgIpc) is 3.04.